The fourth-order valence-electron chi connectivity index (χ4n) is 7.26. The summed E-state index contributed by atoms with van der Waals surface area (Å²) in [7, 11) is 0. The van der Waals surface area contributed by atoms with Crippen molar-refractivity contribution in [3.8, 4) is 0 Å². The molecular weight excluding hydrogens is 569 g/mol. The first-order valence-electron chi connectivity index (χ1n) is 16.9. The molecule has 0 unspecified atom stereocenters. The average molecular weight is 611 g/mol. The van der Waals surface area contributed by atoms with Crippen molar-refractivity contribution < 1.29 is 0 Å². The van der Waals surface area contributed by atoms with Gasteiger partial charge >= 0.3 is 0 Å². The van der Waals surface area contributed by atoms with E-state index in [0.29, 0.717) is 0 Å². The van der Waals surface area contributed by atoms with Crippen molar-refractivity contribution in [3.05, 3.63) is 187 Å². The van der Waals surface area contributed by atoms with Gasteiger partial charge in [-0.05, 0) is 109 Å². The number of aryl methyl sites for hydroxylation is 1. The molecule has 0 N–H and O–H groups in total. The Balaban J connectivity index is 1.25. The van der Waals surface area contributed by atoms with Crippen LogP contribution < -0.4 is 9.80 Å². The fourth-order valence-corrected chi connectivity index (χ4v) is 7.26. The lowest BCUT2D eigenvalue weighted by Crippen LogP contribution is -2.30. The SMILES string of the molecule is C=Cc1ccc(N(c2ccccc2)c2ccc(C3(c4ccc(N(c5ccccc5)c5ccc(C)cc5)cc4)CCCCC3)cc2)cc1. The van der Waals surface area contributed by atoms with Crippen LogP contribution in [0, 0.1) is 6.92 Å². The van der Waals surface area contributed by atoms with Gasteiger partial charge in [-0.2, -0.15) is 0 Å². The highest BCUT2D eigenvalue weighted by molar-refractivity contribution is 5.78. The van der Waals surface area contributed by atoms with Gasteiger partial charge in [0.05, 0.1) is 0 Å². The second-order valence-corrected chi connectivity index (χ2v) is 12.7. The topological polar surface area (TPSA) is 6.48 Å². The third kappa shape index (κ3) is 6.24. The Morgan fingerprint density at radius 2 is 0.809 bits per heavy atom. The summed E-state index contributed by atoms with van der Waals surface area (Å²) in [5.74, 6) is 0. The molecule has 0 aliphatic heterocycles. The summed E-state index contributed by atoms with van der Waals surface area (Å²) >= 11 is 0. The Labute approximate surface area is 280 Å². The number of hydrogen-bond acceptors (Lipinski definition) is 2. The van der Waals surface area contributed by atoms with E-state index in [4.69, 9.17) is 0 Å². The molecule has 1 saturated carbocycles. The summed E-state index contributed by atoms with van der Waals surface area (Å²) in [5, 5.41) is 0. The van der Waals surface area contributed by atoms with E-state index in [1.54, 1.807) is 0 Å². The summed E-state index contributed by atoms with van der Waals surface area (Å²) in [6.45, 7) is 6.08. The van der Waals surface area contributed by atoms with E-state index in [0.717, 1.165) is 41.2 Å². The Hall–Kier alpha value is -5.34. The van der Waals surface area contributed by atoms with Gasteiger partial charge < -0.3 is 9.80 Å². The number of hydrogen-bond donors (Lipinski definition) is 0. The normalized spacial score (nSPS) is 13.9. The lowest BCUT2D eigenvalue weighted by Gasteiger charge is -2.39. The predicted octanol–water partition coefficient (Wildman–Crippen LogP) is 12.8. The second kappa shape index (κ2) is 13.6. The third-order valence-corrected chi connectivity index (χ3v) is 9.77. The largest absolute Gasteiger partial charge is 0.311 e. The Morgan fingerprint density at radius 1 is 0.447 bits per heavy atom. The van der Waals surface area contributed by atoms with Crippen molar-refractivity contribution >= 4 is 40.2 Å². The number of anilines is 6. The van der Waals surface area contributed by atoms with Crippen LogP contribution in [0.25, 0.3) is 6.08 Å². The summed E-state index contributed by atoms with van der Waals surface area (Å²) in [6, 6.07) is 57.5. The zero-order valence-corrected chi connectivity index (χ0v) is 27.2. The van der Waals surface area contributed by atoms with Gasteiger partial charge in [0.2, 0.25) is 0 Å². The maximum Gasteiger partial charge on any atom is 0.0462 e. The van der Waals surface area contributed by atoms with Crippen LogP contribution in [0.5, 0.6) is 0 Å². The molecule has 0 aromatic heterocycles. The van der Waals surface area contributed by atoms with Gasteiger partial charge in [0.15, 0.2) is 0 Å². The molecule has 47 heavy (non-hydrogen) atoms. The first-order valence-corrected chi connectivity index (χ1v) is 16.9. The fraction of sp³-hybridized carbons (Fsp3) is 0.156. The molecule has 6 aromatic rings. The monoisotopic (exact) mass is 610 g/mol. The van der Waals surface area contributed by atoms with Crippen molar-refractivity contribution in [2.75, 3.05) is 9.80 Å². The first-order chi connectivity index (χ1) is 23.1. The minimum atomic E-state index is -0.0000677. The van der Waals surface area contributed by atoms with Crippen molar-refractivity contribution in [3.63, 3.8) is 0 Å². The van der Waals surface area contributed by atoms with E-state index in [9.17, 15) is 0 Å². The molecule has 232 valence electrons. The van der Waals surface area contributed by atoms with Crippen LogP contribution in [0.2, 0.25) is 0 Å². The number of para-hydroxylation sites is 2. The molecule has 0 amide bonds. The van der Waals surface area contributed by atoms with Gasteiger partial charge in [-0.1, -0.05) is 122 Å². The Bertz CT molecular complexity index is 1880. The molecule has 0 spiro atoms. The molecule has 0 bridgehead atoms. The maximum absolute atomic E-state index is 3.94. The lowest BCUT2D eigenvalue weighted by molar-refractivity contribution is 0.346. The van der Waals surface area contributed by atoms with Gasteiger partial charge in [0, 0.05) is 39.5 Å². The van der Waals surface area contributed by atoms with Gasteiger partial charge in [-0.15, -0.1) is 0 Å². The van der Waals surface area contributed by atoms with E-state index in [1.165, 1.54) is 47.3 Å². The maximum atomic E-state index is 3.94. The van der Waals surface area contributed by atoms with Crippen molar-refractivity contribution in [1.82, 2.24) is 0 Å². The molecule has 2 nitrogen and oxygen atoms in total. The van der Waals surface area contributed by atoms with Crippen LogP contribution in [0.3, 0.4) is 0 Å². The Morgan fingerprint density at radius 3 is 1.21 bits per heavy atom. The van der Waals surface area contributed by atoms with Crippen LogP contribution in [-0.2, 0) is 5.41 Å². The predicted molar refractivity (Wildman–Crippen MR) is 201 cm³/mol. The lowest BCUT2D eigenvalue weighted by atomic mass is 9.65. The number of benzene rings is 6. The summed E-state index contributed by atoms with van der Waals surface area (Å²) in [5.41, 5.74) is 12.1. The minimum absolute atomic E-state index is 0.0000677. The summed E-state index contributed by atoms with van der Waals surface area (Å²) in [4.78, 5) is 4.69. The molecule has 1 fully saturated rings. The second-order valence-electron chi connectivity index (χ2n) is 12.7. The quantitative estimate of drug-likeness (QED) is 0.161. The van der Waals surface area contributed by atoms with Gasteiger partial charge in [-0.25, -0.2) is 0 Å². The molecular formula is C45H42N2. The highest BCUT2D eigenvalue weighted by Gasteiger charge is 2.36. The Kier molecular flexibility index (Phi) is 8.75. The van der Waals surface area contributed by atoms with E-state index in [2.05, 4.69) is 181 Å². The molecule has 0 heterocycles. The zero-order valence-electron chi connectivity index (χ0n) is 27.2. The smallest absolute Gasteiger partial charge is 0.0462 e. The molecule has 2 heteroatoms. The molecule has 0 atom stereocenters. The van der Waals surface area contributed by atoms with Crippen LogP contribution in [0.15, 0.2) is 164 Å². The molecule has 1 aliphatic carbocycles. The van der Waals surface area contributed by atoms with E-state index >= 15 is 0 Å². The van der Waals surface area contributed by atoms with Crippen LogP contribution in [0.4, 0.5) is 34.1 Å². The molecule has 1 aliphatic rings. The van der Waals surface area contributed by atoms with Crippen molar-refractivity contribution in [2.45, 2.75) is 44.4 Å². The van der Waals surface area contributed by atoms with Crippen molar-refractivity contribution in [2.24, 2.45) is 0 Å². The van der Waals surface area contributed by atoms with Crippen LogP contribution in [0.1, 0.15) is 54.4 Å². The van der Waals surface area contributed by atoms with Gasteiger partial charge in [0.25, 0.3) is 0 Å². The van der Waals surface area contributed by atoms with E-state index in [1.807, 2.05) is 6.08 Å². The number of rotatable bonds is 9. The highest BCUT2D eigenvalue weighted by atomic mass is 15.1. The molecule has 6 aromatic carbocycles. The number of nitrogens with zero attached hydrogens (tertiary/aromatic N) is 2. The van der Waals surface area contributed by atoms with Gasteiger partial charge in [-0.3, -0.25) is 0 Å². The van der Waals surface area contributed by atoms with E-state index < -0.39 is 0 Å². The zero-order chi connectivity index (χ0) is 32.1. The van der Waals surface area contributed by atoms with Gasteiger partial charge in [0.1, 0.15) is 0 Å². The standard InChI is InChI=1S/C45H42N2/c1-3-36-19-27-42(28-20-36)47(40-15-9-5-10-16-40)44-31-23-38(24-32-44)45(33-11-6-12-34-45)37-21-29-43(30-22-37)46(39-13-7-4-8-14-39)41-25-17-35(2)18-26-41/h3-5,7-10,13-32H,1,6,11-12,33-34H2,2H3. The summed E-state index contributed by atoms with van der Waals surface area (Å²) in [6.07, 6.45) is 8.01. The van der Waals surface area contributed by atoms with Crippen LogP contribution in [-0.4, -0.2) is 0 Å². The highest BCUT2D eigenvalue weighted by Crippen LogP contribution is 2.47. The third-order valence-electron chi connectivity index (χ3n) is 9.77. The first kappa shape index (κ1) is 30.3. The van der Waals surface area contributed by atoms with Crippen molar-refractivity contribution in [1.29, 1.82) is 0 Å². The van der Waals surface area contributed by atoms with Crippen LogP contribution >= 0.6 is 0 Å². The molecule has 0 saturated heterocycles. The molecule has 0 radical (unpaired) electrons. The summed E-state index contributed by atoms with van der Waals surface area (Å²) < 4.78 is 0. The van der Waals surface area contributed by atoms with E-state index in [-0.39, 0.29) is 5.41 Å². The minimum Gasteiger partial charge on any atom is -0.311 e. The average Bonchev–Trinajstić information content (AvgIpc) is 3.15. The molecule has 7 rings (SSSR count).